The van der Waals surface area contributed by atoms with E-state index in [1.165, 1.54) is 0 Å². The molecule has 1 aliphatic heterocycles. The van der Waals surface area contributed by atoms with Gasteiger partial charge in [-0.1, -0.05) is 12.1 Å². The van der Waals surface area contributed by atoms with Gasteiger partial charge < -0.3 is 5.32 Å². The molecular formula is C13H9ClN2O2. The maximum Gasteiger partial charge on any atom is 0.296 e. The minimum atomic E-state index is -0.568. The molecule has 0 bridgehead atoms. The van der Waals surface area contributed by atoms with Crippen molar-refractivity contribution in [3.05, 3.63) is 48.3 Å². The van der Waals surface area contributed by atoms with Crippen LogP contribution in [0.1, 0.15) is 10.4 Å². The normalized spacial score (nSPS) is 12.7. The van der Waals surface area contributed by atoms with E-state index < -0.39 is 11.7 Å². The van der Waals surface area contributed by atoms with Crippen LogP contribution in [0.15, 0.2) is 42.7 Å². The SMILES string of the molecule is Cl.O=C1Nc2cccc(-c3ccncc3)c2C1=O. The summed E-state index contributed by atoms with van der Waals surface area (Å²) in [5, 5.41) is 2.55. The highest BCUT2D eigenvalue weighted by Gasteiger charge is 2.30. The predicted octanol–water partition coefficient (Wildman–Crippen LogP) is 2.31. The van der Waals surface area contributed by atoms with E-state index in [1.54, 1.807) is 18.5 Å². The molecule has 0 saturated heterocycles. The maximum absolute atomic E-state index is 11.8. The summed E-state index contributed by atoms with van der Waals surface area (Å²) in [7, 11) is 0. The van der Waals surface area contributed by atoms with Crippen molar-refractivity contribution in [2.75, 3.05) is 5.32 Å². The number of anilines is 1. The predicted molar refractivity (Wildman–Crippen MR) is 69.9 cm³/mol. The molecule has 0 radical (unpaired) electrons. The number of carbonyl (C=O) groups excluding carboxylic acids is 2. The number of carbonyl (C=O) groups is 2. The molecule has 1 N–H and O–H groups in total. The molecule has 3 rings (SSSR count). The van der Waals surface area contributed by atoms with Gasteiger partial charge in [-0.3, -0.25) is 14.6 Å². The van der Waals surface area contributed by atoms with Gasteiger partial charge in [-0.15, -0.1) is 12.4 Å². The number of halogens is 1. The van der Waals surface area contributed by atoms with Crippen molar-refractivity contribution in [2.45, 2.75) is 0 Å². The maximum atomic E-state index is 11.8. The van der Waals surface area contributed by atoms with E-state index in [0.717, 1.165) is 11.1 Å². The van der Waals surface area contributed by atoms with Gasteiger partial charge in [-0.05, 0) is 29.3 Å². The second-order valence-electron chi connectivity index (χ2n) is 3.75. The van der Waals surface area contributed by atoms with Crippen LogP contribution in [-0.2, 0) is 4.79 Å². The fourth-order valence-electron chi connectivity index (χ4n) is 1.97. The summed E-state index contributed by atoms with van der Waals surface area (Å²) in [4.78, 5) is 27.0. The fraction of sp³-hybridized carbons (Fsp3) is 0. The Morgan fingerprint density at radius 1 is 1.00 bits per heavy atom. The Morgan fingerprint density at radius 3 is 2.44 bits per heavy atom. The second-order valence-corrected chi connectivity index (χ2v) is 3.75. The summed E-state index contributed by atoms with van der Waals surface area (Å²) in [6.45, 7) is 0. The third-order valence-corrected chi connectivity index (χ3v) is 2.74. The highest BCUT2D eigenvalue weighted by molar-refractivity contribution is 6.52. The van der Waals surface area contributed by atoms with Crippen molar-refractivity contribution >= 4 is 29.8 Å². The van der Waals surface area contributed by atoms with Crippen LogP contribution >= 0.6 is 12.4 Å². The summed E-state index contributed by atoms with van der Waals surface area (Å²) < 4.78 is 0. The lowest BCUT2D eigenvalue weighted by Crippen LogP contribution is -2.12. The average Bonchev–Trinajstić information content (AvgIpc) is 2.66. The Hall–Kier alpha value is -2.20. The number of pyridine rings is 1. The molecule has 0 unspecified atom stereocenters. The highest BCUT2D eigenvalue weighted by atomic mass is 35.5. The van der Waals surface area contributed by atoms with Crippen LogP contribution in [-0.4, -0.2) is 16.7 Å². The van der Waals surface area contributed by atoms with Gasteiger partial charge in [0.15, 0.2) is 0 Å². The first kappa shape index (κ1) is 12.3. The van der Waals surface area contributed by atoms with Gasteiger partial charge in [0.2, 0.25) is 0 Å². The van der Waals surface area contributed by atoms with Gasteiger partial charge in [0, 0.05) is 12.4 Å². The lowest BCUT2D eigenvalue weighted by molar-refractivity contribution is -0.112. The number of hydrogen-bond donors (Lipinski definition) is 1. The van der Waals surface area contributed by atoms with Crippen molar-refractivity contribution in [2.24, 2.45) is 0 Å². The minimum absolute atomic E-state index is 0. The molecule has 0 spiro atoms. The third-order valence-electron chi connectivity index (χ3n) is 2.74. The zero-order valence-corrected chi connectivity index (χ0v) is 10.0. The quantitative estimate of drug-likeness (QED) is 0.801. The monoisotopic (exact) mass is 260 g/mol. The molecule has 4 nitrogen and oxygen atoms in total. The van der Waals surface area contributed by atoms with Crippen molar-refractivity contribution in [3.63, 3.8) is 0 Å². The van der Waals surface area contributed by atoms with Crippen LogP contribution in [0.3, 0.4) is 0 Å². The number of rotatable bonds is 1. The Bertz CT molecular complexity index is 626. The molecule has 0 fully saturated rings. The van der Waals surface area contributed by atoms with Gasteiger partial charge in [0.1, 0.15) is 0 Å². The van der Waals surface area contributed by atoms with Crippen LogP contribution in [0.2, 0.25) is 0 Å². The molecule has 1 aliphatic rings. The summed E-state index contributed by atoms with van der Waals surface area (Å²) in [5.41, 5.74) is 2.66. The molecule has 0 aliphatic carbocycles. The zero-order valence-electron chi connectivity index (χ0n) is 9.21. The third kappa shape index (κ3) is 1.76. The number of nitrogens with one attached hydrogen (secondary N) is 1. The fourth-order valence-corrected chi connectivity index (χ4v) is 1.97. The number of aromatic nitrogens is 1. The summed E-state index contributed by atoms with van der Waals surface area (Å²) in [6.07, 6.45) is 3.31. The Balaban J connectivity index is 0.00000120. The lowest BCUT2D eigenvalue weighted by Gasteiger charge is -2.05. The number of hydrogen-bond acceptors (Lipinski definition) is 3. The molecule has 1 aromatic carbocycles. The standard InChI is InChI=1S/C13H8N2O2.ClH/c16-12-11-9(8-4-6-14-7-5-8)2-1-3-10(11)15-13(12)17;/h1-7H,(H,15,16,17);1H. The van der Waals surface area contributed by atoms with Crippen molar-refractivity contribution in [1.82, 2.24) is 4.98 Å². The van der Waals surface area contributed by atoms with Gasteiger partial charge in [-0.2, -0.15) is 0 Å². The Morgan fingerprint density at radius 2 is 1.72 bits per heavy atom. The number of fused-ring (bicyclic) bond motifs is 1. The van der Waals surface area contributed by atoms with Crippen molar-refractivity contribution in [3.8, 4) is 11.1 Å². The van der Waals surface area contributed by atoms with Gasteiger partial charge in [-0.25, -0.2) is 0 Å². The van der Waals surface area contributed by atoms with E-state index in [0.29, 0.717) is 11.3 Å². The second kappa shape index (κ2) is 4.58. The molecule has 2 heterocycles. The Labute approximate surface area is 109 Å². The molecule has 1 aromatic heterocycles. The smallest absolute Gasteiger partial charge is 0.296 e. The lowest BCUT2D eigenvalue weighted by atomic mass is 9.98. The first-order valence-corrected chi connectivity index (χ1v) is 5.16. The number of Topliss-reactive ketones (excluding diaryl/α,β-unsaturated/α-hetero) is 1. The topological polar surface area (TPSA) is 59.1 Å². The summed E-state index contributed by atoms with van der Waals surface area (Å²) >= 11 is 0. The van der Waals surface area contributed by atoms with E-state index in [2.05, 4.69) is 10.3 Å². The van der Waals surface area contributed by atoms with Crippen LogP contribution in [0.4, 0.5) is 5.69 Å². The molecule has 5 heteroatoms. The molecule has 2 aromatic rings. The van der Waals surface area contributed by atoms with E-state index in [4.69, 9.17) is 0 Å². The molecule has 0 saturated carbocycles. The first-order chi connectivity index (χ1) is 8.27. The minimum Gasteiger partial charge on any atom is -0.318 e. The highest BCUT2D eigenvalue weighted by Crippen LogP contribution is 2.32. The van der Waals surface area contributed by atoms with E-state index in [9.17, 15) is 9.59 Å². The Kier molecular flexibility index (Phi) is 3.12. The summed E-state index contributed by atoms with van der Waals surface area (Å²) in [6, 6.07) is 8.99. The van der Waals surface area contributed by atoms with Gasteiger partial charge in [0.05, 0.1) is 11.3 Å². The van der Waals surface area contributed by atoms with Gasteiger partial charge in [0.25, 0.3) is 11.7 Å². The average molecular weight is 261 g/mol. The van der Waals surface area contributed by atoms with Crippen LogP contribution < -0.4 is 5.32 Å². The molecular weight excluding hydrogens is 252 g/mol. The number of amides is 1. The number of nitrogens with zero attached hydrogens (tertiary/aromatic N) is 1. The van der Waals surface area contributed by atoms with Crippen molar-refractivity contribution in [1.29, 1.82) is 0 Å². The number of benzene rings is 1. The van der Waals surface area contributed by atoms with E-state index in [1.807, 2.05) is 24.3 Å². The van der Waals surface area contributed by atoms with Gasteiger partial charge >= 0.3 is 0 Å². The molecule has 0 atom stereocenters. The van der Waals surface area contributed by atoms with E-state index >= 15 is 0 Å². The number of ketones is 1. The first-order valence-electron chi connectivity index (χ1n) is 5.16. The van der Waals surface area contributed by atoms with Crippen LogP contribution in [0.5, 0.6) is 0 Å². The largest absolute Gasteiger partial charge is 0.318 e. The van der Waals surface area contributed by atoms with E-state index in [-0.39, 0.29) is 12.4 Å². The van der Waals surface area contributed by atoms with Crippen LogP contribution in [0, 0.1) is 0 Å². The van der Waals surface area contributed by atoms with Crippen LogP contribution in [0.25, 0.3) is 11.1 Å². The molecule has 1 amide bonds. The molecule has 90 valence electrons. The van der Waals surface area contributed by atoms with Crippen molar-refractivity contribution < 1.29 is 9.59 Å². The summed E-state index contributed by atoms with van der Waals surface area (Å²) in [5.74, 6) is -1.05. The zero-order chi connectivity index (χ0) is 11.8. The molecule has 18 heavy (non-hydrogen) atoms.